The molecule has 1 N–H and O–H groups in total. The highest BCUT2D eigenvalue weighted by atomic mass is 16.5. The van der Waals surface area contributed by atoms with Gasteiger partial charge < -0.3 is 9.84 Å². The lowest BCUT2D eigenvalue weighted by molar-refractivity contribution is 0.101. The van der Waals surface area contributed by atoms with E-state index in [1.165, 1.54) is 6.26 Å². The minimum atomic E-state index is -0.257. The summed E-state index contributed by atoms with van der Waals surface area (Å²) in [5, 5.41) is 6.35. The lowest BCUT2D eigenvalue weighted by Gasteiger charge is -2.01. The highest BCUT2D eigenvalue weighted by Crippen LogP contribution is 2.10. The maximum atomic E-state index is 11.7. The number of amides is 1. The zero-order valence-electron chi connectivity index (χ0n) is 8.23. The van der Waals surface area contributed by atoms with E-state index in [9.17, 15) is 4.79 Å². The summed E-state index contributed by atoms with van der Waals surface area (Å²) >= 11 is 0. The van der Waals surface area contributed by atoms with Gasteiger partial charge in [-0.1, -0.05) is 23.4 Å². The van der Waals surface area contributed by atoms with Gasteiger partial charge in [0.05, 0.1) is 0 Å². The third-order valence-corrected chi connectivity index (χ3v) is 1.99. The monoisotopic (exact) mass is 202 g/mol. The van der Waals surface area contributed by atoms with E-state index in [0.29, 0.717) is 5.69 Å². The number of hydrogen-bond acceptors (Lipinski definition) is 3. The number of benzene rings is 1. The van der Waals surface area contributed by atoms with Gasteiger partial charge in [-0.15, -0.1) is 0 Å². The first-order chi connectivity index (χ1) is 7.27. The SMILES string of the molecule is Cc1conc1C(=O)Nc1ccccc1. The van der Waals surface area contributed by atoms with Crippen molar-refractivity contribution < 1.29 is 9.32 Å². The number of rotatable bonds is 2. The van der Waals surface area contributed by atoms with Crippen LogP contribution in [0.25, 0.3) is 0 Å². The van der Waals surface area contributed by atoms with E-state index < -0.39 is 0 Å². The van der Waals surface area contributed by atoms with E-state index >= 15 is 0 Å². The molecule has 1 aromatic heterocycles. The average Bonchev–Trinajstić information content (AvgIpc) is 2.66. The predicted molar refractivity (Wildman–Crippen MR) is 55.6 cm³/mol. The fourth-order valence-corrected chi connectivity index (χ4v) is 1.22. The molecule has 0 spiro atoms. The van der Waals surface area contributed by atoms with Gasteiger partial charge in [0.2, 0.25) is 0 Å². The van der Waals surface area contributed by atoms with Crippen molar-refractivity contribution in [2.45, 2.75) is 6.92 Å². The number of aromatic nitrogens is 1. The molecule has 76 valence electrons. The molecule has 4 heteroatoms. The molecule has 0 bridgehead atoms. The second-order valence-electron chi connectivity index (χ2n) is 3.17. The molecule has 0 radical (unpaired) electrons. The molecule has 1 amide bonds. The molecule has 15 heavy (non-hydrogen) atoms. The minimum absolute atomic E-state index is 0.257. The van der Waals surface area contributed by atoms with Gasteiger partial charge in [-0.2, -0.15) is 0 Å². The summed E-state index contributed by atoms with van der Waals surface area (Å²) < 4.78 is 4.69. The molecule has 0 saturated carbocycles. The molecule has 0 fully saturated rings. The second-order valence-corrected chi connectivity index (χ2v) is 3.17. The first-order valence-corrected chi connectivity index (χ1v) is 4.55. The number of carbonyl (C=O) groups is 1. The van der Waals surface area contributed by atoms with Crippen LogP contribution in [0, 0.1) is 6.92 Å². The van der Waals surface area contributed by atoms with Crippen molar-refractivity contribution in [2.24, 2.45) is 0 Å². The molecular formula is C11H10N2O2. The molecule has 2 rings (SSSR count). The molecule has 0 atom stereocenters. The van der Waals surface area contributed by atoms with Gasteiger partial charge >= 0.3 is 0 Å². The van der Waals surface area contributed by atoms with E-state index in [2.05, 4.69) is 10.5 Å². The van der Waals surface area contributed by atoms with Crippen LogP contribution in [0.4, 0.5) is 5.69 Å². The van der Waals surface area contributed by atoms with Gasteiger partial charge in [0.25, 0.3) is 5.91 Å². The normalized spacial score (nSPS) is 9.93. The first kappa shape index (κ1) is 9.45. The molecule has 2 aromatic rings. The van der Waals surface area contributed by atoms with E-state index in [1.807, 2.05) is 30.3 Å². The number of aryl methyl sites for hydroxylation is 1. The Morgan fingerprint density at radius 2 is 2.07 bits per heavy atom. The smallest absolute Gasteiger partial charge is 0.278 e. The average molecular weight is 202 g/mol. The summed E-state index contributed by atoms with van der Waals surface area (Å²) in [6, 6.07) is 9.22. The topological polar surface area (TPSA) is 55.1 Å². The van der Waals surface area contributed by atoms with Gasteiger partial charge in [-0.05, 0) is 19.1 Å². The van der Waals surface area contributed by atoms with Crippen LogP contribution >= 0.6 is 0 Å². The van der Waals surface area contributed by atoms with Crippen molar-refractivity contribution in [1.29, 1.82) is 0 Å². The van der Waals surface area contributed by atoms with Crippen LogP contribution in [0.15, 0.2) is 41.1 Å². The Bertz CT molecular complexity index is 462. The Labute approximate surface area is 86.9 Å². The Kier molecular flexibility index (Phi) is 2.49. The van der Waals surface area contributed by atoms with Crippen molar-refractivity contribution in [3.05, 3.63) is 47.9 Å². The van der Waals surface area contributed by atoms with Crippen molar-refractivity contribution in [2.75, 3.05) is 5.32 Å². The maximum absolute atomic E-state index is 11.7. The molecule has 1 aromatic carbocycles. The van der Waals surface area contributed by atoms with Crippen molar-refractivity contribution in [3.8, 4) is 0 Å². The van der Waals surface area contributed by atoms with Crippen LogP contribution in [0.1, 0.15) is 16.1 Å². The molecule has 1 heterocycles. The second kappa shape index (κ2) is 3.96. The minimum Gasteiger partial charge on any atom is -0.364 e. The van der Waals surface area contributed by atoms with Crippen LogP contribution in [0.3, 0.4) is 0 Å². The highest BCUT2D eigenvalue weighted by Gasteiger charge is 2.12. The summed E-state index contributed by atoms with van der Waals surface area (Å²) in [4.78, 5) is 11.7. The van der Waals surface area contributed by atoms with Crippen LogP contribution in [0.2, 0.25) is 0 Å². The van der Waals surface area contributed by atoms with Gasteiger partial charge in [0, 0.05) is 11.3 Å². The molecular weight excluding hydrogens is 192 g/mol. The summed E-state index contributed by atoms with van der Waals surface area (Å²) in [6.45, 7) is 1.77. The van der Waals surface area contributed by atoms with Gasteiger partial charge in [-0.3, -0.25) is 4.79 Å². The van der Waals surface area contributed by atoms with E-state index in [0.717, 1.165) is 11.3 Å². The Morgan fingerprint density at radius 3 is 2.67 bits per heavy atom. The Hall–Kier alpha value is -2.10. The summed E-state index contributed by atoms with van der Waals surface area (Å²) in [7, 11) is 0. The van der Waals surface area contributed by atoms with Gasteiger partial charge in [-0.25, -0.2) is 0 Å². The standard InChI is InChI=1S/C11H10N2O2/c1-8-7-15-13-10(8)11(14)12-9-5-3-2-4-6-9/h2-7H,1H3,(H,12,14). The quantitative estimate of drug-likeness (QED) is 0.812. The number of carbonyl (C=O) groups excluding carboxylic acids is 1. The van der Waals surface area contributed by atoms with Crippen LogP contribution in [-0.4, -0.2) is 11.1 Å². The van der Waals surface area contributed by atoms with E-state index in [1.54, 1.807) is 6.92 Å². The number of hydrogen-bond donors (Lipinski definition) is 1. The largest absolute Gasteiger partial charge is 0.364 e. The van der Waals surface area contributed by atoms with Crippen LogP contribution < -0.4 is 5.32 Å². The molecule has 0 saturated heterocycles. The van der Waals surface area contributed by atoms with Gasteiger partial charge in [0.15, 0.2) is 5.69 Å². The van der Waals surface area contributed by atoms with Crippen molar-refractivity contribution in [1.82, 2.24) is 5.16 Å². The Morgan fingerprint density at radius 1 is 1.33 bits per heavy atom. The summed E-state index contributed by atoms with van der Waals surface area (Å²) in [5.41, 5.74) is 1.78. The van der Waals surface area contributed by atoms with Crippen molar-refractivity contribution in [3.63, 3.8) is 0 Å². The van der Waals surface area contributed by atoms with E-state index in [4.69, 9.17) is 4.52 Å². The molecule has 4 nitrogen and oxygen atoms in total. The zero-order chi connectivity index (χ0) is 10.7. The molecule has 0 aliphatic rings. The predicted octanol–water partition coefficient (Wildman–Crippen LogP) is 2.24. The van der Waals surface area contributed by atoms with Crippen molar-refractivity contribution >= 4 is 11.6 Å². The fraction of sp³-hybridized carbons (Fsp3) is 0.0909. The molecule has 0 unspecified atom stereocenters. The number of anilines is 1. The van der Waals surface area contributed by atoms with Gasteiger partial charge in [0.1, 0.15) is 6.26 Å². The third kappa shape index (κ3) is 2.04. The van der Waals surface area contributed by atoms with Crippen LogP contribution in [0.5, 0.6) is 0 Å². The van der Waals surface area contributed by atoms with E-state index in [-0.39, 0.29) is 5.91 Å². The maximum Gasteiger partial charge on any atom is 0.278 e. The van der Waals surface area contributed by atoms with Crippen LogP contribution in [-0.2, 0) is 0 Å². The third-order valence-electron chi connectivity index (χ3n) is 1.99. The lowest BCUT2D eigenvalue weighted by atomic mass is 10.2. The Balaban J connectivity index is 2.15. The summed E-state index contributed by atoms with van der Waals surface area (Å²) in [5.74, 6) is -0.257. The highest BCUT2D eigenvalue weighted by molar-refractivity contribution is 6.03. The lowest BCUT2D eigenvalue weighted by Crippen LogP contribution is -2.13. The molecule has 0 aliphatic carbocycles. The molecule has 0 aliphatic heterocycles. The number of nitrogens with one attached hydrogen (secondary N) is 1. The zero-order valence-corrected chi connectivity index (χ0v) is 8.23. The first-order valence-electron chi connectivity index (χ1n) is 4.55. The fourth-order valence-electron chi connectivity index (χ4n) is 1.22. The summed E-state index contributed by atoms with van der Waals surface area (Å²) in [6.07, 6.45) is 1.44. The number of nitrogens with zero attached hydrogens (tertiary/aromatic N) is 1. The number of para-hydroxylation sites is 1.